The molecule has 7 heteroatoms. The minimum Gasteiger partial charge on any atom is -0.390 e. The molecule has 6 nitrogen and oxygen atoms in total. The number of likely N-dealkylation sites (tertiary alicyclic amines) is 1. The van der Waals surface area contributed by atoms with Crippen LogP contribution in [0.1, 0.15) is 43.2 Å². The van der Waals surface area contributed by atoms with Gasteiger partial charge in [-0.25, -0.2) is 0 Å². The number of aliphatic hydroxyl groups excluding tert-OH is 2. The van der Waals surface area contributed by atoms with E-state index in [1.807, 2.05) is 30.6 Å². The van der Waals surface area contributed by atoms with Gasteiger partial charge in [0.1, 0.15) is 0 Å². The molecule has 1 aliphatic heterocycles. The molecule has 1 fully saturated rings. The number of β-amino-alcohol motifs (C(OH)–C–C–N with tert-alkyl or cyclic N) is 1. The molecular weight excluding hydrogens is 438 g/mol. The average molecular weight is 466 g/mol. The highest BCUT2D eigenvalue weighted by molar-refractivity contribution is 6.33. The number of pyridine rings is 2. The van der Waals surface area contributed by atoms with Crippen LogP contribution in [0.4, 0.5) is 0 Å². The summed E-state index contributed by atoms with van der Waals surface area (Å²) >= 11 is 6.58. The molecule has 172 valence electrons. The average Bonchev–Trinajstić information content (AvgIpc) is 2.80. The van der Waals surface area contributed by atoms with Crippen molar-refractivity contribution in [3.8, 4) is 22.3 Å². The highest BCUT2D eigenvalue weighted by Crippen LogP contribution is 2.32. The number of nitrogens with zero attached hydrogens (tertiary/aromatic N) is 3. The molecule has 0 radical (unpaired) electrons. The molecule has 0 spiro atoms. The number of piperidine rings is 1. The Morgan fingerprint density at radius 1 is 1.03 bits per heavy atom. The Bertz CT molecular complexity index is 1180. The molecule has 3 heterocycles. The van der Waals surface area contributed by atoms with Crippen LogP contribution in [0.2, 0.25) is 5.02 Å². The van der Waals surface area contributed by atoms with E-state index in [1.54, 1.807) is 23.2 Å². The molecular formula is C26H28ClN3O3. The molecule has 0 bridgehead atoms. The number of rotatable bonds is 3. The molecule has 1 saturated heterocycles. The summed E-state index contributed by atoms with van der Waals surface area (Å²) in [5, 5.41) is 20.0. The third-order valence-corrected chi connectivity index (χ3v) is 6.27. The number of aromatic nitrogens is 2. The van der Waals surface area contributed by atoms with E-state index in [0.29, 0.717) is 23.6 Å². The van der Waals surface area contributed by atoms with Gasteiger partial charge in [0, 0.05) is 70.1 Å². The number of aliphatic hydroxyl groups is 2. The minimum atomic E-state index is -0.932. The first-order valence-corrected chi connectivity index (χ1v) is 11.4. The van der Waals surface area contributed by atoms with Gasteiger partial charge in [0.25, 0.3) is 5.91 Å². The number of carbonyl (C=O) groups excluding carboxylic acids is 1. The van der Waals surface area contributed by atoms with Crippen LogP contribution in [0.15, 0.2) is 55.0 Å². The fraction of sp³-hybridized carbons (Fsp3) is 0.346. The number of carbonyl (C=O) groups is 1. The molecule has 33 heavy (non-hydrogen) atoms. The maximum atomic E-state index is 12.9. The predicted molar refractivity (Wildman–Crippen MR) is 129 cm³/mol. The van der Waals surface area contributed by atoms with Crippen LogP contribution in [0.25, 0.3) is 22.3 Å². The molecule has 2 aromatic heterocycles. The lowest BCUT2D eigenvalue weighted by Crippen LogP contribution is -2.48. The van der Waals surface area contributed by atoms with Crippen LogP contribution in [-0.4, -0.2) is 56.3 Å². The second kappa shape index (κ2) is 9.21. The summed E-state index contributed by atoms with van der Waals surface area (Å²) in [4.78, 5) is 23.3. The second-order valence-corrected chi connectivity index (χ2v) is 9.92. The van der Waals surface area contributed by atoms with E-state index < -0.39 is 12.2 Å². The Morgan fingerprint density at radius 2 is 1.79 bits per heavy atom. The van der Waals surface area contributed by atoms with Crippen molar-refractivity contribution in [2.24, 2.45) is 0 Å². The van der Waals surface area contributed by atoms with Crippen molar-refractivity contribution < 1.29 is 15.0 Å². The van der Waals surface area contributed by atoms with Crippen LogP contribution in [0.3, 0.4) is 0 Å². The van der Waals surface area contributed by atoms with Crippen LogP contribution in [-0.2, 0) is 5.41 Å². The van der Waals surface area contributed by atoms with Crippen LogP contribution < -0.4 is 0 Å². The van der Waals surface area contributed by atoms with Crippen molar-refractivity contribution in [1.82, 2.24) is 14.9 Å². The van der Waals surface area contributed by atoms with Gasteiger partial charge < -0.3 is 15.1 Å². The van der Waals surface area contributed by atoms with Gasteiger partial charge in [0.15, 0.2) is 0 Å². The second-order valence-electron chi connectivity index (χ2n) is 9.51. The molecule has 0 aliphatic carbocycles. The van der Waals surface area contributed by atoms with Gasteiger partial charge in [0.2, 0.25) is 0 Å². The number of amides is 1. The van der Waals surface area contributed by atoms with Gasteiger partial charge in [-0.1, -0.05) is 38.4 Å². The Kier molecular flexibility index (Phi) is 6.52. The summed E-state index contributed by atoms with van der Waals surface area (Å²) in [7, 11) is 0. The van der Waals surface area contributed by atoms with E-state index in [-0.39, 0.29) is 17.9 Å². The van der Waals surface area contributed by atoms with Gasteiger partial charge in [0.05, 0.1) is 12.2 Å². The lowest BCUT2D eigenvalue weighted by molar-refractivity contribution is -0.0321. The monoisotopic (exact) mass is 465 g/mol. The van der Waals surface area contributed by atoms with Crippen molar-refractivity contribution >= 4 is 17.5 Å². The Morgan fingerprint density at radius 3 is 2.48 bits per heavy atom. The molecule has 0 unspecified atom stereocenters. The van der Waals surface area contributed by atoms with Gasteiger partial charge in [-0.2, -0.15) is 0 Å². The van der Waals surface area contributed by atoms with Gasteiger partial charge in [-0.15, -0.1) is 0 Å². The summed E-state index contributed by atoms with van der Waals surface area (Å²) in [6.45, 7) is 6.88. The van der Waals surface area contributed by atoms with E-state index in [2.05, 4.69) is 36.8 Å². The zero-order valence-electron chi connectivity index (χ0n) is 19.0. The largest absolute Gasteiger partial charge is 0.390 e. The first kappa shape index (κ1) is 23.4. The molecule has 1 aromatic carbocycles. The smallest absolute Gasteiger partial charge is 0.253 e. The van der Waals surface area contributed by atoms with Crippen molar-refractivity contribution in [3.63, 3.8) is 0 Å². The maximum Gasteiger partial charge on any atom is 0.253 e. The quantitative estimate of drug-likeness (QED) is 0.601. The van der Waals surface area contributed by atoms with Crippen molar-refractivity contribution in [2.75, 3.05) is 13.1 Å². The standard InChI is InChI=1S/C26H28ClN3O3/c1-26(2,3)24-12-16(6-8-29-24)18-10-19(14-28-13-18)20-5-4-17(11-21(20)27)25(33)30-9-7-22(31)23(32)15-30/h4-6,8,10-14,22-23,31-32H,7,9,15H2,1-3H3/t22-,23-/m0/s1. The van der Waals surface area contributed by atoms with E-state index >= 15 is 0 Å². The van der Waals surface area contributed by atoms with E-state index in [9.17, 15) is 15.0 Å². The molecule has 1 aliphatic rings. The summed E-state index contributed by atoms with van der Waals surface area (Å²) < 4.78 is 0. The first-order chi connectivity index (χ1) is 15.6. The van der Waals surface area contributed by atoms with E-state index in [1.165, 1.54) is 0 Å². The molecule has 3 aromatic rings. The third kappa shape index (κ3) is 5.08. The van der Waals surface area contributed by atoms with Crippen molar-refractivity contribution in [3.05, 3.63) is 71.3 Å². The molecule has 0 saturated carbocycles. The first-order valence-electron chi connectivity index (χ1n) is 11.0. The fourth-order valence-electron chi connectivity index (χ4n) is 3.93. The SMILES string of the molecule is CC(C)(C)c1cc(-c2cncc(-c3ccc(C(=O)N4CC[C@H](O)[C@@H](O)C4)cc3Cl)c2)ccn1. The fourth-order valence-corrected chi connectivity index (χ4v) is 4.22. The van der Waals surface area contributed by atoms with E-state index in [0.717, 1.165) is 27.9 Å². The Balaban J connectivity index is 1.60. The highest BCUT2D eigenvalue weighted by Gasteiger charge is 2.29. The van der Waals surface area contributed by atoms with Crippen LogP contribution in [0, 0.1) is 0 Å². The van der Waals surface area contributed by atoms with Crippen molar-refractivity contribution in [1.29, 1.82) is 0 Å². The van der Waals surface area contributed by atoms with Crippen molar-refractivity contribution in [2.45, 2.75) is 44.8 Å². The zero-order valence-corrected chi connectivity index (χ0v) is 19.8. The summed E-state index contributed by atoms with van der Waals surface area (Å²) in [5.74, 6) is -0.215. The number of hydrogen-bond donors (Lipinski definition) is 2. The van der Waals surface area contributed by atoms with Gasteiger partial charge in [-0.3, -0.25) is 14.8 Å². The highest BCUT2D eigenvalue weighted by atomic mass is 35.5. The normalized spacial score (nSPS) is 18.9. The van der Waals surface area contributed by atoms with Gasteiger partial charge >= 0.3 is 0 Å². The van der Waals surface area contributed by atoms with Crippen LogP contribution >= 0.6 is 11.6 Å². The molecule has 4 rings (SSSR count). The topological polar surface area (TPSA) is 86.6 Å². The molecule has 2 atom stereocenters. The molecule has 2 N–H and O–H groups in total. The third-order valence-electron chi connectivity index (χ3n) is 5.96. The number of halogens is 1. The summed E-state index contributed by atoms with van der Waals surface area (Å²) in [6.07, 6.45) is 4.00. The zero-order chi connectivity index (χ0) is 23.8. The lowest BCUT2D eigenvalue weighted by atomic mass is 9.90. The van der Waals surface area contributed by atoms with Gasteiger partial charge in [-0.05, 0) is 42.3 Å². The predicted octanol–water partition coefficient (Wildman–Crippen LogP) is 4.33. The maximum absolute atomic E-state index is 12.9. The summed E-state index contributed by atoms with van der Waals surface area (Å²) in [6, 6.07) is 11.3. The van der Waals surface area contributed by atoms with E-state index in [4.69, 9.17) is 11.6 Å². The Hall–Kier alpha value is -2.80. The number of hydrogen-bond acceptors (Lipinski definition) is 5. The lowest BCUT2D eigenvalue weighted by Gasteiger charge is -2.33. The summed E-state index contributed by atoms with van der Waals surface area (Å²) in [5.41, 5.74) is 5.00. The molecule has 1 amide bonds. The van der Waals surface area contributed by atoms with Crippen LogP contribution in [0.5, 0.6) is 0 Å². The number of benzene rings is 1. The minimum absolute atomic E-state index is 0.0603. The Labute approximate surface area is 198 Å².